The number of pyridine rings is 1. The third kappa shape index (κ3) is 8.86. The largest absolute Gasteiger partial charge is 0.495 e. The number of rotatable bonds is 15. The fraction of sp³-hybridized carbons (Fsp3) is 0.389. The Kier molecular flexibility index (Phi) is 12.4. The van der Waals surface area contributed by atoms with E-state index in [4.69, 9.17) is 14.5 Å². The molecule has 6 amide bonds. The van der Waals surface area contributed by atoms with Crippen LogP contribution in [0.3, 0.4) is 0 Å². The molecule has 5 aromatic rings. The zero-order valence-electron chi connectivity index (χ0n) is 40.0. The second kappa shape index (κ2) is 19.0. The maximum atomic E-state index is 13.6. The highest BCUT2D eigenvalue weighted by atomic mass is 19.1. The topological polar surface area (TPSA) is 195 Å². The number of benzene rings is 4. The van der Waals surface area contributed by atoms with E-state index in [-0.39, 0.29) is 29.5 Å². The smallest absolute Gasteiger partial charge is 0.264 e. The third-order valence-electron chi connectivity index (χ3n) is 15.6. The fourth-order valence-electron chi connectivity index (χ4n) is 11.3. The second-order valence-corrected chi connectivity index (χ2v) is 19.8. The average molecular weight is 978 g/mol. The second-order valence-electron chi connectivity index (χ2n) is 19.8. The van der Waals surface area contributed by atoms with Crippen LogP contribution >= 0.6 is 0 Å². The van der Waals surface area contributed by atoms with Gasteiger partial charge >= 0.3 is 0 Å². The number of halogens is 1. The lowest BCUT2D eigenvalue weighted by molar-refractivity contribution is -0.136. The number of ether oxygens (including phenoxy) is 2. The Morgan fingerprint density at radius 1 is 0.792 bits per heavy atom. The summed E-state index contributed by atoms with van der Waals surface area (Å²) in [5.41, 5.74) is 2.91. The van der Waals surface area contributed by atoms with Gasteiger partial charge in [-0.2, -0.15) is 0 Å². The number of amides is 6. The van der Waals surface area contributed by atoms with Crippen LogP contribution in [-0.2, 0) is 19.2 Å². The number of anilines is 4. The maximum absolute atomic E-state index is 13.6. The number of piperidine rings is 2. The number of nitrogens with one attached hydrogen (secondary N) is 4. The number of piperazine rings is 1. The van der Waals surface area contributed by atoms with Gasteiger partial charge in [0.2, 0.25) is 23.6 Å². The van der Waals surface area contributed by atoms with Crippen molar-refractivity contribution in [2.24, 2.45) is 11.3 Å². The first-order chi connectivity index (χ1) is 34.9. The molecule has 18 heteroatoms. The standard InChI is InChI=1S/C54H56FN9O8/c1-71-45-31-39-41(56-22-15-44(39)72-37-11-9-36(10-12-37)59-52(70)53(18-19-53)51(69)58-35-7-5-34(55)6-8-35)32-43(45)62-24-16-33(17-25-62)54(20-21-54)63-29-27-61(28-30-63)26-23-57-40-4-2-3-38-47(40)50(68)64(49(38)67)42-13-14-46(65)60-48(42)66/h2-12,15,22,31-33,42,57H,13-14,16-21,23-30H2,1H3,(H,58,69)(H,59,70)(H,60,65,66). The summed E-state index contributed by atoms with van der Waals surface area (Å²) in [5, 5.41) is 12.1. The van der Waals surface area contributed by atoms with Crippen LogP contribution in [0.2, 0.25) is 0 Å². The predicted octanol–water partition coefficient (Wildman–Crippen LogP) is 6.41. The van der Waals surface area contributed by atoms with Crippen LogP contribution in [0.1, 0.15) is 72.1 Å². The molecule has 3 saturated heterocycles. The quantitative estimate of drug-likeness (QED) is 0.0665. The summed E-state index contributed by atoms with van der Waals surface area (Å²) in [5.74, 6) is -0.775. The lowest BCUT2D eigenvalue weighted by Crippen LogP contribution is -2.55. The number of carbonyl (C=O) groups excluding carboxylic acids is 6. The van der Waals surface area contributed by atoms with Crippen molar-refractivity contribution >= 4 is 69.1 Å². The van der Waals surface area contributed by atoms with Crippen molar-refractivity contribution in [1.82, 2.24) is 25.0 Å². The summed E-state index contributed by atoms with van der Waals surface area (Å²) in [6, 6.07) is 22.5. The minimum absolute atomic E-state index is 0.0757. The van der Waals surface area contributed by atoms with E-state index in [0.717, 1.165) is 85.9 Å². The Morgan fingerprint density at radius 3 is 2.14 bits per heavy atom. The summed E-state index contributed by atoms with van der Waals surface area (Å²) < 4.78 is 25.7. The van der Waals surface area contributed by atoms with Gasteiger partial charge in [-0.05, 0) is 130 Å². The summed E-state index contributed by atoms with van der Waals surface area (Å²) in [6.07, 6.45) is 7.34. The van der Waals surface area contributed by atoms with Crippen molar-refractivity contribution in [3.8, 4) is 17.2 Å². The normalized spacial score (nSPS) is 20.7. The summed E-state index contributed by atoms with van der Waals surface area (Å²) in [6.45, 7) is 7.04. The molecule has 4 aliphatic heterocycles. The van der Waals surface area contributed by atoms with Gasteiger partial charge in [-0.25, -0.2) is 4.39 Å². The van der Waals surface area contributed by atoms with Gasteiger partial charge < -0.3 is 30.3 Å². The Bertz CT molecular complexity index is 2980. The Labute approximate surface area is 415 Å². The van der Waals surface area contributed by atoms with Gasteiger partial charge in [-0.3, -0.25) is 53.8 Å². The zero-order chi connectivity index (χ0) is 49.7. The van der Waals surface area contributed by atoms with Crippen molar-refractivity contribution in [3.63, 3.8) is 0 Å². The molecular weight excluding hydrogens is 922 g/mol. The number of nitrogens with zero attached hydrogens (tertiary/aromatic N) is 5. The molecule has 0 radical (unpaired) electrons. The predicted molar refractivity (Wildman–Crippen MR) is 267 cm³/mol. The average Bonchev–Trinajstić information content (AvgIpc) is 4.34. The SMILES string of the molecule is COc1cc2c(Oc3ccc(NC(=O)C4(C(=O)Nc5ccc(F)cc5)CC4)cc3)ccnc2cc1N1CCC(C2(N3CCN(CCNc4cccc5c4C(=O)N(C4CCC(=O)NC4=O)C5=O)CC3)CC2)CC1. The molecule has 72 heavy (non-hydrogen) atoms. The number of aromatic nitrogens is 1. The van der Waals surface area contributed by atoms with Crippen molar-refractivity contribution in [2.75, 3.05) is 80.3 Å². The van der Waals surface area contributed by atoms with E-state index in [1.165, 1.54) is 37.1 Å². The molecule has 5 heterocycles. The molecule has 2 aliphatic carbocycles. The van der Waals surface area contributed by atoms with Crippen LogP contribution in [0.15, 0.2) is 91.1 Å². The van der Waals surface area contributed by atoms with Gasteiger partial charge in [0, 0.05) is 93.0 Å². The van der Waals surface area contributed by atoms with E-state index >= 15 is 0 Å². The Balaban J connectivity index is 0.662. The number of methoxy groups -OCH3 is 1. The summed E-state index contributed by atoms with van der Waals surface area (Å²) in [7, 11) is 1.68. The van der Waals surface area contributed by atoms with Crippen LogP contribution in [0.4, 0.5) is 27.1 Å². The third-order valence-corrected chi connectivity index (χ3v) is 15.6. The van der Waals surface area contributed by atoms with Crippen LogP contribution < -0.4 is 35.6 Å². The van der Waals surface area contributed by atoms with Crippen molar-refractivity contribution in [2.45, 2.75) is 62.9 Å². The molecule has 5 fully saturated rings. The van der Waals surface area contributed by atoms with Gasteiger partial charge in [-0.1, -0.05) is 6.07 Å². The van der Waals surface area contributed by atoms with E-state index < -0.39 is 52.7 Å². The molecular formula is C54H56FN9O8. The lowest BCUT2D eigenvalue weighted by atomic mass is 9.85. The highest BCUT2D eigenvalue weighted by Gasteiger charge is 2.57. The maximum Gasteiger partial charge on any atom is 0.264 e. The van der Waals surface area contributed by atoms with Gasteiger partial charge in [0.1, 0.15) is 34.5 Å². The van der Waals surface area contributed by atoms with Crippen LogP contribution in [0, 0.1) is 17.2 Å². The first-order valence-electron chi connectivity index (χ1n) is 24.9. The number of imide groups is 2. The minimum Gasteiger partial charge on any atom is -0.495 e. The van der Waals surface area contributed by atoms with E-state index in [9.17, 15) is 33.2 Å². The first kappa shape index (κ1) is 46.9. The minimum atomic E-state index is -1.18. The van der Waals surface area contributed by atoms with Crippen molar-refractivity contribution < 1.29 is 42.6 Å². The lowest BCUT2D eigenvalue weighted by Gasteiger charge is -2.46. The van der Waals surface area contributed by atoms with E-state index in [1.807, 2.05) is 12.1 Å². The van der Waals surface area contributed by atoms with E-state index in [0.29, 0.717) is 53.9 Å². The van der Waals surface area contributed by atoms with E-state index in [1.54, 1.807) is 55.8 Å². The molecule has 0 spiro atoms. The highest BCUT2D eigenvalue weighted by molar-refractivity contribution is 6.25. The summed E-state index contributed by atoms with van der Waals surface area (Å²) in [4.78, 5) is 90.7. The molecule has 17 nitrogen and oxygen atoms in total. The first-order valence-corrected chi connectivity index (χ1v) is 24.9. The van der Waals surface area contributed by atoms with Gasteiger partial charge in [0.25, 0.3) is 11.8 Å². The molecule has 4 aromatic carbocycles. The number of hydrogen-bond acceptors (Lipinski definition) is 13. The molecule has 11 rings (SSSR count). The molecule has 1 aromatic heterocycles. The fourth-order valence-corrected chi connectivity index (χ4v) is 11.3. The molecule has 372 valence electrons. The molecule has 4 N–H and O–H groups in total. The van der Waals surface area contributed by atoms with Crippen LogP contribution in [0.25, 0.3) is 10.9 Å². The number of fused-ring (bicyclic) bond motifs is 2. The highest BCUT2D eigenvalue weighted by Crippen LogP contribution is 2.52. The Hall–Kier alpha value is -7.44. The Morgan fingerprint density at radius 2 is 1.49 bits per heavy atom. The van der Waals surface area contributed by atoms with Crippen molar-refractivity contribution in [3.05, 3.63) is 108 Å². The zero-order valence-corrected chi connectivity index (χ0v) is 40.0. The van der Waals surface area contributed by atoms with Gasteiger partial charge in [0.15, 0.2) is 0 Å². The number of hydrogen-bond donors (Lipinski definition) is 4. The number of carbonyl (C=O) groups is 6. The van der Waals surface area contributed by atoms with E-state index in [2.05, 4.69) is 42.0 Å². The molecule has 2 saturated carbocycles. The molecule has 1 unspecified atom stereocenters. The van der Waals surface area contributed by atoms with Crippen LogP contribution in [0.5, 0.6) is 17.2 Å². The molecule has 1 atom stereocenters. The van der Waals surface area contributed by atoms with Crippen LogP contribution in [-0.4, -0.2) is 126 Å². The molecule has 6 aliphatic rings. The van der Waals surface area contributed by atoms with Crippen molar-refractivity contribution in [1.29, 1.82) is 0 Å². The molecule has 0 bridgehead atoms. The van der Waals surface area contributed by atoms with Gasteiger partial charge in [0.05, 0.1) is 29.4 Å². The van der Waals surface area contributed by atoms with Gasteiger partial charge in [-0.15, -0.1) is 0 Å². The summed E-state index contributed by atoms with van der Waals surface area (Å²) >= 11 is 0. The monoisotopic (exact) mass is 977 g/mol.